The Morgan fingerprint density at radius 3 is 2.32 bits per heavy atom. The van der Waals surface area contributed by atoms with Crippen molar-refractivity contribution in [1.82, 2.24) is 20.4 Å². The van der Waals surface area contributed by atoms with Crippen LogP contribution in [0.4, 0.5) is 5.69 Å². The molecule has 5 aromatic rings. The molecule has 3 aromatic carbocycles. The number of amides is 1. The third-order valence-electron chi connectivity index (χ3n) is 7.59. The summed E-state index contributed by atoms with van der Waals surface area (Å²) in [6.07, 6.45) is 3.73. The Morgan fingerprint density at radius 2 is 1.66 bits per heavy atom. The topological polar surface area (TPSA) is 74.8 Å². The average Bonchev–Trinajstić information content (AvgIpc) is 3.87. The molecule has 2 fully saturated rings. The van der Waals surface area contributed by atoms with Crippen molar-refractivity contribution in [3.63, 3.8) is 0 Å². The van der Waals surface area contributed by atoms with Crippen molar-refractivity contribution in [3.05, 3.63) is 102 Å². The van der Waals surface area contributed by atoms with E-state index >= 15 is 0 Å². The number of aromatic nitrogens is 4. The van der Waals surface area contributed by atoms with Crippen LogP contribution in [0.2, 0.25) is 15.1 Å². The van der Waals surface area contributed by atoms with Crippen molar-refractivity contribution >= 4 is 73.7 Å². The van der Waals surface area contributed by atoms with Crippen molar-refractivity contribution in [2.45, 2.75) is 37.1 Å². The van der Waals surface area contributed by atoms with Crippen LogP contribution in [0.5, 0.6) is 0 Å². The minimum atomic E-state index is -0.200. The zero-order valence-corrected chi connectivity index (χ0v) is 26.0. The lowest BCUT2D eigenvalue weighted by Crippen LogP contribution is -2.33. The highest BCUT2D eigenvalue weighted by Gasteiger charge is 2.49. The first-order valence-electron chi connectivity index (χ1n) is 13.1. The molecule has 1 N–H and O–H groups in total. The minimum absolute atomic E-state index is 0.0336. The van der Waals surface area contributed by atoms with E-state index in [0.717, 1.165) is 40.7 Å². The molecule has 0 bridgehead atoms. The van der Waals surface area contributed by atoms with Gasteiger partial charge in [0.2, 0.25) is 0 Å². The molecule has 0 saturated heterocycles. The van der Waals surface area contributed by atoms with E-state index in [-0.39, 0.29) is 17.4 Å². The summed E-state index contributed by atoms with van der Waals surface area (Å²) in [7, 11) is 0. The first kappa shape index (κ1) is 27.1. The molecule has 2 aromatic heterocycles. The van der Waals surface area contributed by atoms with Crippen LogP contribution in [0.1, 0.15) is 46.6 Å². The van der Waals surface area contributed by atoms with Gasteiger partial charge in [-0.25, -0.2) is 0 Å². The molecule has 0 spiro atoms. The molecule has 6 nitrogen and oxygen atoms in total. The number of anilines is 1. The maximum absolute atomic E-state index is 14.6. The number of carbonyl (C=O) groups excluding carboxylic acids is 1. The fourth-order valence-electron chi connectivity index (χ4n) is 5.16. The monoisotopic (exact) mass is 683 g/mol. The fraction of sp³-hybridized carbons (Fsp3) is 0.200. The van der Waals surface area contributed by atoms with Crippen LogP contribution in [0.15, 0.2) is 71.2 Å². The van der Waals surface area contributed by atoms with Crippen molar-refractivity contribution < 1.29 is 4.79 Å². The van der Waals surface area contributed by atoms with Crippen LogP contribution in [-0.2, 0) is 5.41 Å². The molecule has 0 atom stereocenters. The second-order valence-electron chi connectivity index (χ2n) is 10.3. The number of rotatable bonds is 7. The summed E-state index contributed by atoms with van der Waals surface area (Å²) < 4.78 is 0.933. The van der Waals surface area contributed by atoms with Gasteiger partial charge in [-0.15, -0.1) is 10.2 Å². The van der Waals surface area contributed by atoms with E-state index in [9.17, 15) is 4.79 Å². The van der Waals surface area contributed by atoms with Gasteiger partial charge in [-0.3, -0.25) is 9.89 Å². The van der Waals surface area contributed by atoms with Gasteiger partial charge in [0.05, 0.1) is 16.3 Å². The van der Waals surface area contributed by atoms with Crippen LogP contribution in [0.3, 0.4) is 0 Å². The number of H-pyrrole nitrogens is 1. The van der Waals surface area contributed by atoms with E-state index in [0.29, 0.717) is 42.7 Å². The second kappa shape index (κ2) is 10.5. The van der Waals surface area contributed by atoms with Crippen molar-refractivity contribution in [1.29, 1.82) is 0 Å². The first-order chi connectivity index (χ1) is 19.8. The molecule has 2 heterocycles. The highest BCUT2D eigenvalue weighted by atomic mass is 79.9. The Bertz CT molecular complexity index is 1780. The Hall–Kier alpha value is -2.75. The molecular formula is C30H21BrCl3N5OS. The number of nitrogens with one attached hydrogen (secondary N) is 1. The predicted molar refractivity (Wildman–Crippen MR) is 168 cm³/mol. The molecule has 0 unspecified atom stereocenters. The normalized spacial score (nSPS) is 15.6. The van der Waals surface area contributed by atoms with Crippen molar-refractivity contribution in [2.75, 3.05) is 4.90 Å². The second-order valence-corrected chi connectivity index (χ2v) is 13.5. The van der Waals surface area contributed by atoms with Crippen LogP contribution in [0, 0.1) is 0 Å². The fourth-order valence-corrected chi connectivity index (χ4v) is 7.16. The smallest absolute Gasteiger partial charge is 0.263 e. The number of hydrogen-bond donors (Lipinski definition) is 1. The van der Waals surface area contributed by atoms with E-state index in [1.165, 1.54) is 16.9 Å². The standard InChI is InChI=1S/C30H21BrCl3N5OS/c31-18-5-1-16(2-6-18)25-24(28(40)39(21-10-11-21)23-12-9-20(33)15-22(23)34)26(36-35-25)27-37-38-29(41-27)30(13-14-30)17-3-7-19(32)8-4-17/h1-9,12,15,21H,10-11,13-14H2,(H,35,36). The molecule has 2 aliphatic rings. The van der Waals surface area contributed by atoms with E-state index in [4.69, 9.17) is 34.8 Å². The molecule has 7 rings (SSSR count). The minimum Gasteiger partial charge on any atom is -0.304 e. The van der Waals surface area contributed by atoms with Gasteiger partial charge < -0.3 is 4.90 Å². The third-order valence-corrected chi connectivity index (χ3v) is 10.1. The number of benzene rings is 3. The van der Waals surface area contributed by atoms with Crippen molar-refractivity contribution in [3.8, 4) is 22.0 Å². The summed E-state index contributed by atoms with van der Waals surface area (Å²) in [5, 5.41) is 20.1. The Balaban J connectivity index is 1.34. The molecule has 206 valence electrons. The molecule has 2 saturated carbocycles. The van der Waals surface area contributed by atoms with Gasteiger partial charge in [0.15, 0.2) is 5.01 Å². The zero-order valence-electron chi connectivity index (χ0n) is 21.4. The first-order valence-corrected chi connectivity index (χ1v) is 15.8. The zero-order chi connectivity index (χ0) is 28.3. The van der Waals surface area contributed by atoms with Gasteiger partial charge in [-0.1, -0.05) is 86.3 Å². The Kier molecular flexibility index (Phi) is 6.95. The summed E-state index contributed by atoms with van der Waals surface area (Å²) in [6, 6.07) is 20.9. The molecule has 41 heavy (non-hydrogen) atoms. The molecule has 0 radical (unpaired) electrons. The van der Waals surface area contributed by atoms with Gasteiger partial charge in [-0.2, -0.15) is 5.10 Å². The summed E-state index contributed by atoms with van der Waals surface area (Å²) in [5.41, 5.74) is 3.93. The highest BCUT2D eigenvalue weighted by molar-refractivity contribution is 9.10. The predicted octanol–water partition coefficient (Wildman–Crippen LogP) is 9.21. The van der Waals surface area contributed by atoms with Gasteiger partial charge in [0, 0.05) is 31.5 Å². The van der Waals surface area contributed by atoms with Gasteiger partial charge in [-0.05, 0) is 73.7 Å². The van der Waals surface area contributed by atoms with Gasteiger partial charge in [0.25, 0.3) is 5.91 Å². The lowest BCUT2D eigenvalue weighted by Gasteiger charge is -2.24. The lowest BCUT2D eigenvalue weighted by molar-refractivity contribution is 0.0986. The molecule has 1 amide bonds. The summed E-state index contributed by atoms with van der Waals surface area (Å²) in [4.78, 5) is 16.3. The van der Waals surface area contributed by atoms with E-state index in [1.54, 1.807) is 23.1 Å². The van der Waals surface area contributed by atoms with E-state index in [1.807, 2.05) is 36.4 Å². The quantitative estimate of drug-likeness (QED) is 0.185. The average molecular weight is 686 g/mol. The third kappa shape index (κ3) is 5.00. The molecule has 2 aliphatic carbocycles. The lowest BCUT2D eigenvalue weighted by atomic mass is 9.97. The number of carbonyl (C=O) groups is 1. The Morgan fingerprint density at radius 1 is 0.951 bits per heavy atom. The maximum Gasteiger partial charge on any atom is 0.263 e. The van der Waals surface area contributed by atoms with Crippen molar-refractivity contribution in [2.24, 2.45) is 0 Å². The van der Waals surface area contributed by atoms with E-state index in [2.05, 4.69) is 48.5 Å². The van der Waals surface area contributed by atoms with Crippen LogP contribution in [0.25, 0.3) is 22.0 Å². The SMILES string of the molecule is O=C(c1c(-c2ccc(Br)cc2)n[nH]c1-c1nnc(C2(c3ccc(Cl)cc3)CC2)s1)N(c1ccc(Cl)cc1Cl)C1CC1. The number of aromatic amines is 1. The number of nitrogens with zero attached hydrogens (tertiary/aromatic N) is 4. The van der Waals surface area contributed by atoms with Crippen LogP contribution >= 0.6 is 62.1 Å². The highest BCUT2D eigenvalue weighted by Crippen LogP contribution is 2.55. The number of hydrogen-bond acceptors (Lipinski definition) is 5. The maximum atomic E-state index is 14.6. The summed E-state index contributed by atoms with van der Waals surface area (Å²) in [5.74, 6) is -0.200. The van der Waals surface area contributed by atoms with Crippen LogP contribution in [-0.4, -0.2) is 32.3 Å². The molecule has 11 heteroatoms. The van der Waals surface area contributed by atoms with Crippen LogP contribution < -0.4 is 4.90 Å². The van der Waals surface area contributed by atoms with E-state index < -0.39 is 0 Å². The molecular weight excluding hydrogens is 665 g/mol. The summed E-state index contributed by atoms with van der Waals surface area (Å²) in [6.45, 7) is 0. The Labute approximate surface area is 263 Å². The van der Waals surface area contributed by atoms with Gasteiger partial charge in [0.1, 0.15) is 16.4 Å². The summed E-state index contributed by atoms with van der Waals surface area (Å²) >= 11 is 23.9. The molecule has 0 aliphatic heterocycles. The number of halogens is 4. The largest absolute Gasteiger partial charge is 0.304 e. The van der Waals surface area contributed by atoms with Gasteiger partial charge >= 0.3 is 0 Å².